The highest BCUT2D eigenvalue weighted by Gasteiger charge is 2.29. The number of thioether (sulfide) groups is 1. The molecule has 1 N–H and O–H groups in total. The molecule has 176 valence electrons. The van der Waals surface area contributed by atoms with Gasteiger partial charge in [-0.15, -0.1) is 0 Å². The van der Waals surface area contributed by atoms with Crippen molar-refractivity contribution in [1.29, 1.82) is 0 Å². The Labute approximate surface area is 201 Å². The second kappa shape index (κ2) is 13.1. The zero-order valence-electron chi connectivity index (χ0n) is 19.4. The molecule has 1 atom stereocenters. The van der Waals surface area contributed by atoms with Crippen LogP contribution in [0.4, 0.5) is 0 Å². The van der Waals surface area contributed by atoms with E-state index in [4.69, 9.17) is 4.74 Å². The molecule has 7 heteroatoms. The van der Waals surface area contributed by atoms with E-state index in [0.717, 1.165) is 25.4 Å². The van der Waals surface area contributed by atoms with E-state index < -0.39 is 6.04 Å². The van der Waals surface area contributed by atoms with Crippen LogP contribution in [-0.4, -0.2) is 79.5 Å². The third kappa shape index (κ3) is 7.37. The molecule has 0 aliphatic carbocycles. The number of carbonyl (C=O) groups excluding carboxylic acids is 2. The van der Waals surface area contributed by atoms with Crippen LogP contribution in [0.3, 0.4) is 0 Å². The fourth-order valence-corrected chi connectivity index (χ4v) is 4.31. The Morgan fingerprint density at radius 1 is 1.06 bits per heavy atom. The number of ether oxygens (including phenoxy) is 1. The van der Waals surface area contributed by atoms with E-state index in [1.807, 2.05) is 35.4 Å². The minimum atomic E-state index is -0.542. The highest BCUT2D eigenvalue weighted by atomic mass is 32.2. The molecular formula is C26H33N3O3S. The average molecular weight is 468 g/mol. The Balaban J connectivity index is 1.55. The fourth-order valence-electron chi connectivity index (χ4n) is 3.83. The van der Waals surface area contributed by atoms with Crippen LogP contribution in [0.5, 0.6) is 5.75 Å². The van der Waals surface area contributed by atoms with Gasteiger partial charge in [0.2, 0.25) is 5.91 Å². The summed E-state index contributed by atoms with van der Waals surface area (Å²) in [6.45, 7) is 3.83. The van der Waals surface area contributed by atoms with E-state index in [2.05, 4.69) is 34.5 Å². The van der Waals surface area contributed by atoms with Gasteiger partial charge in [-0.1, -0.05) is 54.6 Å². The molecule has 6 nitrogen and oxygen atoms in total. The number of hydrogen-bond acceptors (Lipinski definition) is 5. The molecule has 3 rings (SSSR count). The van der Waals surface area contributed by atoms with Crippen LogP contribution >= 0.6 is 11.8 Å². The summed E-state index contributed by atoms with van der Waals surface area (Å²) < 4.78 is 5.31. The number of piperazine rings is 1. The van der Waals surface area contributed by atoms with Crippen LogP contribution in [0.1, 0.15) is 22.3 Å². The fraction of sp³-hybridized carbons (Fsp3) is 0.385. The minimum absolute atomic E-state index is 0.00762. The van der Waals surface area contributed by atoms with Crippen molar-refractivity contribution >= 4 is 29.7 Å². The lowest BCUT2D eigenvalue weighted by Crippen LogP contribution is -2.55. The highest BCUT2D eigenvalue weighted by Crippen LogP contribution is 2.18. The van der Waals surface area contributed by atoms with E-state index in [9.17, 15) is 9.59 Å². The molecule has 0 radical (unpaired) electrons. The molecule has 0 bridgehead atoms. The molecule has 2 aromatic carbocycles. The molecule has 1 heterocycles. The zero-order valence-corrected chi connectivity index (χ0v) is 20.2. The summed E-state index contributed by atoms with van der Waals surface area (Å²) in [5.74, 6) is 1.01. The van der Waals surface area contributed by atoms with Gasteiger partial charge >= 0.3 is 0 Å². The maximum atomic E-state index is 13.3. The summed E-state index contributed by atoms with van der Waals surface area (Å²) in [5.41, 5.74) is 1.63. The number of methoxy groups -OCH3 is 1. The number of nitrogens with zero attached hydrogens (tertiary/aromatic N) is 2. The number of amides is 2. The predicted octanol–water partition coefficient (Wildman–Crippen LogP) is 3.40. The van der Waals surface area contributed by atoms with E-state index in [0.29, 0.717) is 30.8 Å². The van der Waals surface area contributed by atoms with Crippen molar-refractivity contribution in [3.05, 3.63) is 71.8 Å². The Hall–Kier alpha value is -2.77. The van der Waals surface area contributed by atoms with Crippen molar-refractivity contribution in [2.45, 2.75) is 12.5 Å². The molecule has 33 heavy (non-hydrogen) atoms. The molecular weight excluding hydrogens is 434 g/mol. The predicted molar refractivity (Wildman–Crippen MR) is 136 cm³/mol. The lowest BCUT2D eigenvalue weighted by atomic mass is 10.1. The molecule has 1 aliphatic rings. The molecule has 0 spiro atoms. The first kappa shape index (κ1) is 24.9. The maximum absolute atomic E-state index is 13.3. The van der Waals surface area contributed by atoms with Gasteiger partial charge in [0.25, 0.3) is 5.91 Å². The quantitative estimate of drug-likeness (QED) is 0.580. The van der Waals surface area contributed by atoms with Crippen LogP contribution < -0.4 is 10.1 Å². The minimum Gasteiger partial charge on any atom is -0.496 e. The number of para-hydroxylation sites is 1. The van der Waals surface area contributed by atoms with Crippen LogP contribution in [0.2, 0.25) is 0 Å². The van der Waals surface area contributed by atoms with Gasteiger partial charge in [0, 0.05) is 32.7 Å². The van der Waals surface area contributed by atoms with Crippen molar-refractivity contribution in [2.24, 2.45) is 0 Å². The molecule has 1 fully saturated rings. The monoisotopic (exact) mass is 467 g/mol. The van der Waals surface area contributed by atoms with Crippen LogP contribution in [-0.2, 0) is 4.79 Å². The highest BCUT2D eigenvalue weighted by molar-refractivity contribution is 7.98. The summed E-state index contributed by atoms with van der Waals surface area (Å²) in [7, 11) is 1.54. The van der Waals surface area contributed by atoms with Gasteiger partial charge < -0.3 is 15.0 Å². The summed E-state index contributed by atoms with van der Waals surface area (Å²) in [5, 5.41) is 2.96. The number of hydrogen-bond donors (Lipinski definition) is 1. The summed E-state index contributed by atoms with van der Waals surface area (Å²) >= 11 is 1.67. The Morgan fingerprint density at radius 3 is 2.45 bits per heavy atom. The maximum Gasteiger partial charge on any atom is 0.255 e. The SMILES string of the molecule is COc1ccccc1C(=O)N[C@@H](CCSC)C(=O)N1CCN(C/C=C/c2ccccc2)CC1. The molecule has 1 aliphatic heterocycles. The van der Waals surface area contributed by atoms with E-state index in [1.165, 1.54) is 12.7 Å². The first-order valence-electron chi connectivity index (χ1n) is 11.3. The third-order valence-corrected chi connectivity index (χ3v) is 6.37. The van der Waals surface area contributed by atoms with Crippen molar-refractivity contribution in [2.75, 3.05) is 51.8 Å². The van der Waals surface area contributed by atoms with Gasteiger partial charge in [0.05, 0.1) is 12.7 Å². The summed E-state index contributed by atoms with van der Waals surface area (Å²) in [6.07, 6.45) is 6.90. The van der Waals surface area contributed by atoms with Crippen molar-refractivity contribution in [3.63, 3.8) is 0 Å². The largest absolute Gasteiger partial charge is 0.496 e. The van der Waals surface area contributed by atoms with Gasteiger partial charge in [-0.05, 0) is 36.1 Å². The molecule has 2 aromatic rings. The number of nitrogens with one attached hydrogen (secondary N) is 1. The first-order valence-corrected chi connectivity index (χ1v) is 12.7. The number of carbonyl (C=O) groups is 2. The lowest BCUT2D eigenvalue weighted by Gasteiger charge is -2.36. The van der Waals surface area contributed by atoms with E-state index in [1.54, 1.807) is 30.0 Å². The first-order chi connectivity index (χ1) is 16.1. The van der Waals surface area contributed by atoms with Crippen molar-refractivity contribution in [1.82, 2.24) is 15.1 Å². The zero-order chi connectivity index (χ0) is 23.5. The normalized spacial score (nSPS) is 15.4. The van der Waals surface area contributed by atoms with Gasteiger partial charge in [-0.25, -0.2) is 0 Å². The molecule has 1 saturated heterocycles. The van der Waals surface area contributed by atoms with Gasteiger partial charge in [0.1, 0.15) is 11.8 Å². The molecule has 0 saturated carbocycles. The van der Waals surface area contributed by atoms with Crippen molar-refractivity contribution in [3.8, 4) is 5.75 Å². The van der Waals surface area contributed by atoms with Crippen molar-refractivity contribution < 1.29 is 14.3 Å². The summed E-state index contributed by atoms with van der Waals surface area (Å²) in [6, 6.07) is 16.8. The number of rotatable bonds is 10. The van der Waals surface area contributed by atoms with Gasteiger partial charge in [-0.2, -0.15) is 11.8 Å². The summed E-state index contributed by atoms with van der Waals surface area (Å²) in [4.78, 5) is 30.4. The van der Waals surface area contributed by atoms with E-state index in [-0.39, 0.29) is 11.8 Å². The van der Waals surface area contributed by atoms with Crippen LogP contribution in [0, 0.1) is 0 Å². The van der Waals surface area contributed by atoms with Gasteiger partial charge in [-0.3, -0.25) is 14.5 Å². The second-order valence-electron chi connectivity index (χ2n) is 7.95. The standard InChI is InChI=1S/C26H33N3O3S/c1-32-24-13-7-6-12-22(24)25(30)27-23(14-20-33-2)26(31)29-18-16-28(17-19-29)15-8-11-21-9-4-3-5-10-21/h3-13,23H,14-20H2,1-2H3,(H,27,30)/b11-8+/t23-/m0/s1. The second-order valence-corrected chi connectivity index (χ2v) is 8.93. The molecule has 2 amide bonds. The average Bonchev–Trinajstić information content (AvgIpc) is 2.87. The molecule has 0 aromatic heterocycles. The van der Waals surface area contributed by atoms with Crippen LogP contribution in [0.25, 0.3) is 6.08 Å². The Kier molecular flexibility index (Phi) is 9.84. The lowest BCUT2D eigenvalue weighted by molar-refractivity contribution is -0.135. The van der Waals surface area contributed by atoms with Gasteiger partial charge in [0.15, 0.2) is 0 Å². The molecule has 0 unspecified atom stereocenters. The van der Waals surface area contributed by atoms with Crippen LogP contribution in [0.15, 0.2) is 60.7 Å². The number of benzene rings is 2. The van der Waals surface area contributed by atoms with E-state index >= 15 is 0 Å². The Bertz CT molecular complexity index is 927. The Morgan fingerprint density at radius 2 is 1.76 bits per heavy atom. The smallest absolute Gasteiger partial charge is 0.255 e. The topological polar surface area (TPSA) is 61.9 Å². The third-order valence-electron chi connectivity index (χ3n) is 5.72.